The van der Waals surface area contributed by atoms with E-state index < -0.39 is 6.17 Å². The minimum Gasteiger partial charge on any atom is -0.291 e. The molecule has 1 aliphatic rings. The molecule has 160 valence electrons. The number of nitrogens with zero attached hydrogens (tertiary/aromatic N) is 3. The number of anilines is 1. The first-order valence-corrected chi connectivity index (χ1v) is 12.0. The molecule has 0 fully saturated rings. The Kier molecular flexibility index (Phi) is 5.35. The predicted octanol–water partition coefficient (Wildman–Crippen LogP) is 4.67. The molecule has 1 amide bonds. The maximum atomic E-state index is 13.3. The van der Waals surface area contributed by atoms with Gasteiger partial charge in [0, 0.05) is 16.5 Å². The molecule has 1 aromatic heterocycles. The number of hydrogen-bond donors (Lipinski definition) is 1. The Labute approximate surface area is 197 Å². The molecule has 8 heteroatoms. The van der Waals surface area contributed by atoms with Crippen LogP contribution in [0.5, 0.6) is 0 Å². The van der Waals surface area contributed by atoms with Crippen LogP contribution in [0.2, 0.25) is 0 Å². The summed E-state index contributed by atoms with van der Waals surface area (Å²) < 4.78 is 2.52. The first-order valence-electron chi connectivity index (χ1n) is 10.3. The summed E-state index contributed by atoms with van der Waals surface area (Å²) in [6, 6.07) is 19.7. The maximum absolute atomic E-state index is 13.3. The van der Waals surface area contributed by atoms with Gasteiger partial charge in [0.2, 0.25) is 11.1 Å². The number of benzene rings is 3. The maximum Gasteiger partial charge on any atom is 0.325 e. The summed E-state index contributed by atoms with van der Waals surface area (Å²) in [4.78, 5) is 31.0. The minimum absolute atomic E-state index is 0.128. The lowest BCUT2D eigenvalue weighted by molar-refractivity contribution is -0.762. The summed E-state index contributed by atoms with van der Waals surface area (Å²) in [6.45, 7) is 3.55. The van der Waals surface area contributed by atoms with E-state index in [0.717, 1.165) is 26.6 Å². The normalized spacial score (nSPS) is 14.8. The number of hydrogen-bond acceptors (Lipinski definition) is 4. The number of aromatic amines is 1. The van der Waals surface area contributed by atoms with Gasteiger partial charge in [0.25, 0.3) is 6.17 Å². The van der Waals surface area contributed by atoms with Crippen LogP contribution in [0.25, 0.3) is 22.0 Å². The Morgan fingerprint density at radius 1 is 1.19 bits per heavy atom. The van der Waals surface area contributed by atoms with Crippen molar-refractivity contribution >= 4 is 50.1 Å². The number of halogens is 1. The molecule has 0 spiro atoms. The zero-order chi connectivity index (χ0) is 22.4. The highest BCUT2D eigenvalue weighted by molar-refractivity contribution is 9.10. The highest BCUT2D eigenvalue weighted by Crippen LogP contribution is 2.40. The lowest BCUT2D eigenvalue weighted by atomic mass is 9.97. The van der Waals surface area contributed by atoms with Gasteiger partial charge < -0.3 is 0 Å². The number of H-pyrrole nitrogens is 1. The van der Waals surface area contributed by atoms with Crippen molar-refractivity contribution in [2.75, 3.05) is 10.7 Å². The first kappa shape index (κ1) is 20.9. The number of nitrogens with one attached hydrogen (secondary N) is 1. The topological polar surface area (TPSA) is 69.9 Å². The zero-order valence-electron chi connectivity index (χ0n) is 17.5. The highest BCUT2D eigenvalue weighted by Gasteiger charge is 2.45. The standard InChI is InChI=1S/C24H19BrN4O2S/c1-3-32-24-26-22(31)21-19-13-16(25)11-12-20(19)28(14(2)30)23(29(21)27-24)18-10-6-8-15-7-4-5-9-17(15)18/h4-13,23H,3H2,1-2H3/p+1/t23-/m1/s1. The third-order valence-electron chi connectivity index (χ3n) is 5.53. The molecule has 0 saturated carbocycles. The van der Waals surface area contributed by atoms with Gasteiger partial charge in [0.15, 0.2) is 0 Å². The Morgan fingerprint density at radius 3 is 2.75 bits per heavy atom. The lowest BCUT2D eigenvalue weighted by Gasteiger charge is -2.32. The van der Waals surface area contributed by atoms with Crippen molar-refractivity contribution in [1.29, 1.82) is 0 Å². The van der Waals surface area contributed by atoms with Crippen molar-refractivity contribution in [3.05, 3.63) is 81.1 Å². The van der Waals surface area contributed by atoms with E-state index >= 15 is 0 Å². The molecule has 2 heterocycles. The summed E-state index contributed by atoms with van der Waals surface area (Å²) in [5.74, 6) is 0.635. The van der Waals surface area contributed by atoms with Crippen LogP contribution in [0.15, 0.2) is 75.1 Å². The molecule has 4 aromatic rings. The number of carbonyl (C=O) groups excluding carboxylic acids is 1. The summed E-state index contributed by atoms with van der Waals surface area (Å²) in [6.07, 6.45) is -0.596. The SMILES string of the molecule is CCSc1n[n+]2c(c(=O)[nH]1)-c1cc(Br)ccc1N(C(C)=O)[C@H]2c1cccc2ccccc12. The fourth-order valence-corrected chi connectivity index (χ4v) is 5.24. The molecule has 0 saturated heterocycles. The number of fused-ring (bicyclic) bond motifs is 4. The largest absolute Gasteiger partial charge is 0.325 e. The van der Waals surface area contributed by atoms with Gasteiger partial charge in [-0.25, -0.2) is 4.90 Å². The van der Waals surface area contributed by atoms with Gasteiger partial charge in [-0.15, -0.1) is 0 Å². The van der Waals surface area contributed by atoms with E-state index in [1.165, 1.54) is 11.8 Å². The third kappa shape index (κ3) is 3.34. The van der Waals surface area contributed by atoms with Gasteiger partial charge in [-0.2, -0.15) is 0 Å². The highest BCUT2D eigenvalue weighted by atomic mass is 79.9. The van der Waals surface area contributed by atoms with E-state index in [0.29, 0.717) is 22.1 Å². The van der Waals surface area contributed by atoms with Gasteiger partial charge in [-0.3, -0.25) is 14.6 Å². The van der Waals surface area contributed by atoms with Gasteiger partial charge in [-0.05, 0) is 45.5 Å². The fraction of sp³-hybridized carbons (Fsp3) is 0.167. The number of rotatable bonds is 3. The van der Waals surface area contributed by atoms with Gasteiger partial charge in [-0.1, -0.05) is 71.0 Å². The zero-order valence-corrected chi connectivity index (χ0v) is 19.9. The van der Waals surface area contributed by atoms with Crippen molar-refractivity contribution in [3.8, 4) is 11.3 Å². The molecule has 5 rings (SSSR count). The second kappa shape index (κ2) is 8.18. The summed E-state index contributed by atoms with van der Waals surface area (Å²) in [5.41, 5.74) is 2.44. The number of amides is 1. The predicted molar refractivity (Wildman–Crippen MR) is 130 cm³/mol. The van der Waals surface area contributed by atoms with E-state index in [4.69, 9.17) is 5.10 Å². The van der Waals surface area contributed by atoms with Crippen LogP contribution in [-0.2, 0) is 4.79 Å². The molecule has 32 heavy (non-hydrogen) atoms. The van der Waals surface area contributed by atoms with Crippen LogP contribution in [0, 0.1) is 0 Å². The quantitative estimate of drug-likeness (QED) is 0.323. The average Bonchev–Trinajstić information content (AvgIpc) is 2.77. The van der Waals surface area contributed by atoms with E-state index in [-0.39, 0.29) is 11.5 Å². The van der Waals surface area contributed by atoms with E-state index in [2.05, 4.69) is 20.9 Å². The molecule has 1 N–H and O–H groups in total. The summed E-state index contributed by atoms with van der Waals surface area (Å²) in [7, 11) is 0. The number of aromatic nitrogens is 3. The number of carbonyl (C=O) groups is 1. The molecule has 6 nitrogen and oxygen atoms in total. The smallest absolute Gasteiger partial charge is 0.291 e. The van der Waals surface area contributed by atoms with Gasteiger partial charge in [0.05, 0.1) is 16.8 Å². The Hall–Kier alpha value is -2.97. The van der Waals surface area contributed by atoms with Crippen molar-refractivity contribution < 1.29 is 9.48 Å². The monoisotopic (exact) mass is 507 g/mol. The van der Waals surface area contributed by atoms with E-state index in [1.54, 1.807) is 16.5 Å². The average molecular weight is 508 g/mol. The van der Waals surface area contributed by atoms with Gasteiger partial charge in [0.1, 0.15) is 0 Å². The van der Waals surface area contributed by atoms with Gasteiger partial charge >= 0.3 is 11.3 Å². The summed E-state index contributed by atoms with van der Waals surface area (Å²) >= 11 is 4.96. The molecule has 1 atom stereocenters. The number of thioether (sulfide) groups is 1. The van der Waals surface area contributed by atoms with Crippen molar-refractivity contribution in [1.82, 2.24) is 10.1 Å². The minimum atomic E-state index is -0.596. The molecule has 1 aliphatic heterocycles. The Balaban J connectivity index is 1.90. The Bertz CT molecular complexity index is 1430. The van der Waals surface area contributed by atoms with Crippen LogP contribution in [0.1, 0.15) is 25.6 Å². The van der Waals surface area contributed by atoms with Crippen LogP contribution in [0.3, 0.4) is 0 Å². The second-order valence-electron chi connectivity index (χ2n) is 7.48. The molecule has 3 aromatic carbocycles. The lowest BCUT2D eigenvalue weighted by Crippen LogP contribution is -2.60. The van der Waals surface area contributed by atoms with Crippen LogP contribution < -0.4 is 15.1 Å². The molecular weight excluding hydrogens is 488 g/mol. The van der Waals surface area contributed by atoms with Crippen LogP contribution >= 0.6 is 27.7 Å². The van der Waals surface area contributed by atoms with Crippen LogP contribution in [-0.4, -0.2) is 21.7 Å². The Morgan fingerprint density at radius 2 is 1.97 bits per heavy atom. The second-order valence-corrected chi connectivity index (χ2v) is 9.65. The first-order chi connectivity index (χ1) is 15.5. The third-order valence-corrected chi connectivity index (χ3v) is 6.77. The van der Waals surface area contributed by atoms with Crippen molar-refractivity contribution in [3.63, 3.8) is 0 Å². The molecule has 0 bridgehead atoms. The van der Waals surface area contributed by atoms with Crippen LogP contribution in [0.4, 0.5) is 5.69 Å². The van der Waals surface area contributed by atoms with Crippen molar-refractivity contribution in [2.24, 2.45) is 0 Å². The molecule has 0 aliphatic carbocycles. The fourth-order valence-electron chi connectivity index (χ4n) is 4.29. The van der Waals surface area contributed by atoms with E-state index in [1.807, 2.05) is 67.6 Å². The molecular formula is C24H20BrN4O2S+. The molecule has 0 unspecified atom stereocenters. The van der Waals surface area contributed by atoms with E-state index in [9.17, 15) is 9.59 Å². The molecule has 0 radical (unpaired) electrons. The summed E-state index contributed by atoms with van der Waals surface area (Å²) in [5, 5.41) is 7.40. The van der Waals surface area contributed by atoms with Crippen molar-refractivity contribution in [2.45, 2.75) is 25.2 Å².